The van der Waals surface area contributed by atoms with Crippen LogP contribution in [0.4, 0.5) is 0 Å². The van der Waals surface area contributed by atoms with E-state index in [9.17, 15) is 0 Å². The Morgan fingerprint density at radius 3 is 2.10 bits per heavy atom. The molecular weight excluding hydrogens is 130 g/mol. The smallest absolute Gasteiger partial charge is 0.199 e. The molecule has 0 heterocycles. The van der Waals surface area contributed by atoms with Gasteiger partial charge in [-0.15, -0.1) is 0 Å². The summed E-state index contributed by atoms with van der Waals surface area (Å²) in [5, 5.41) is 24.9. The highest BCUT2D eigenvalue weighted by Crippen LogP contribution is 1.88. The maximum absolute atomic E-state index is 8.14. The van der Waals surface area contributed by atoms with Gasteiger partial charge in [-0.2, -0.15) is 15.8 Å². The van der Waals surface area contributed by atoms with Crippen LogP contribution in [0.15, 0.2) is 11.8 Å². The van der Waals surface area contributed by atoms with Crippen molar-refractivity contribution in [3.63, 3.8) is 0 Å². The number of nitriles is 3. The van der Waals surface area contributed by atoms with Crippen molar-refractivity contribution in [2.45, 2.75) is 0 Å². The molecule has 10 heavy (non-hydrogen) atoms. The first-order valence-electron chi connectivity index (χ1n) is 2.20. The third-order valence-corrected chi connectivity index (χ3v) is 0.625. The van der Waals surface area contributed by atoms with Crippen LogP contribution in [-0.4, -0.2) is 5.01 Å². The molecule has 0 unspecified atom stereocenters. The van der Waals surface area contributed by atoms with E-state index in [1.165, 1.54) is 6.19 Å². The Morgan fingerprint density at radius 2 is 1.80 bits per heavy atom. The first-order chi connectivity index (χ1) is 4.74. The van der Waals surface area contributed by atoms with Gasteiger partial charge in [-0.1, -0.05) is 0 Å². The van der Waals surface area contributed by atoms with E-state index < -0.39 is 0 Å². The van der Waals surface area contributed by atoms with Crippen molar-refractivity contribution in [3.05, 3.63) is 11.8 Å². The number of hydrazine groups is 1. The van der Waals surface area contributed by atoms with Crippen LogP contribution >= 0.6 is 0 Å². The average Bonchev–Trinajstić information content (AvgIpc) is 1.99. The summed E-state index contributed by atoms with van der Waals surface area (Å²) in [5.41, 5.74) is -0.205. The number of nitrogens with two attached hydrogens (primary N) is 1. The average molecular weight is 133 g/mol. The zero-order chi connectivity index (χ0) is 7.98. The van der Waals surface area contributed by atoms with Crippen LogP contribution in [0.2, 0.25) is 0 Å². The normalized spacial score (nSPS) is 6.20. The topological polar surface area (TPSA) is 101 Å². The van der Waals surface area contributed by atoms with E-state index in [4.69, 9.17) is 21.6 Å². The molecule has 0 saturated heterocycles. The lowest BCUT2D eigenvalue weighted by molar-refractivity contribution is 0.559. The lowest BCUT2D eigenvalue weighted by Crippen LogP contribution is -2.18. The molecule has 0 saturated carbocycles. The summed E-state index contributed by atoms with van der Waals surface area (Å²) in [6.07, 6.45) is 2.44. The summed E-state index contributed by atoms with van der Waals surface area (Å²) in [5.74, 6) is 4.92. The lowest BCUT2D eigenvalue weighted by atomic mass is 10.4. The highest BCUT2D eigenvalue weighted by Gasteiger charge is 1.92. The Bertz CT molecular complexity index is 241. The summed E-state index contributed by atoms with van der Waals surface area (Å²) in [7, 11) is 0. The van der Waals surface area contributed by atoms with Gasteiger partial charge in [0.2, 0.25) is 0 Å². The lowest BCUT2D eigenvalue weighted by Gasteiger charge is -1.96. The van der Waals surface area contributed by atoms with Crippen LogP contribution in [0.1, 0.15) is 0 Å². The monoisotopic (exact) mass is 133 g/mol. The Kier molecular flexibility index (Phi) is 3.12. The van der Waals surface area contributed by atoms with E-state index in [1.54, 1.807) is 12.1 Å². The van der Waals surface area contributed by atoms with Crippen LogP contribution < -0.4 is 5.84 Å². The second kappa shape index (κ2) is 3.91. The zero-order valence-corrected chi connectivity index (χ0v) is 4.94. The SMILES string of the molecule is N#CC(C#N)=CN(N)C#N. The molecule has 0 bridgehead atoms. The standard InChI is InChI=1S/C5H3N5/c6-1-5(2-7)3-10(9)4-8/h3H,9H2. The van der Waals surface area contributed by atoms with E-state index in [0.29, 0.717) is 5.01 Å². The van der Waals surface area contributed by atoms with Crippen LogP contribution in [0.3, 0.4) is 0 Å². The molecule has 5 nitrogen and oxygen atoms in total. The third-order valence-electron chi connectivity index (χ3n) is 0.625. The molecule has 48 valence electrons. The van der Waals surface area contributed by atoms with E-state index in [0.717, 1.165) is 6.20 Å². The van der Waals surface area contributed by atoms with Gasteiger partial charge in [-0.25, -0.2) is 10.9 Å². The minimum absolute atomic E-state index is 0.205. The number of hydrogen-bond donors (Lipinski definition) is 1. The molecule has 2 N–H and O–H groups in total. The van der Waals surface area contributed by atoms with Gasteiger partial charge in [-0.05, 0) is 0 Å². The molecule has 0 aromatic rings. The van der Waals surface area contributed by atoms with Crippen LogP contribution in [0, 0.1) is 34.1 Å². The predicted molar refractivity (Wildman–Crippen MR) is 30.9 cm³/mol. The zero-order valence-electron chi connectivity index (χ0n) is 4.94. The second-order valence-corrected chi connectivity index (χ2v) is 1.27. The van der Waals surface area contributed by atoms with Gasteiger partial charge in [0.1, 0.15) is 17.7 Å². The fourth-order valence-electron chi connectivity index (χ4n) is 0.251. The van der Waals surface area contributed by atoms with Crippen LogP contribution in [0.5, 0.6) is 0 Å². The second-order valence-electron chi connectivity index (χ2n) is 1.27. The maximum atomic E-state index is 8.14. The Morgan fingerprint density at radius 1 is 1.30 bits per heavy atom. The quantitative estimate of drug-likeness (QED) is 0.172. The molecule has 0 amide bonds. The molecule has 0 atom stereocenters. The highest BCUT2D eigenvalue weighted by atomic mass is 15.4. The van der Waals surface area contributed by atoms with Crippen molar-refractivity contribution in [2.75, 3.05) is 0 Å². The molecule has 0 spiro atoms. The summed E-state index contributed by atoms with van der Waals surface area (Å²) < 4.78 is 0. The summed E-state index contributed by atoms with van der Waals surface area (Å²) in [6.45, 7) is 0. The summed E-state index contributed by atoms with van der Waals surface area (Å²) in [4.78, 5) is 0. The third kappa shape index (κ3) is 2.32. The molecule has 0 aromatic carbocycles. The summed E-state index contributed by atoms with van der Waals surface area (Å²) in [6, 6.07) is 3.09. The minimum atomic E-state index is -0.205. The van der Waals surface area contributed by atoms with Crippen molar-refractivity contribution in [2.24, 2.45) is 5.84 Å². The molecule has 0 aliphatic rings. The van der Waals surface area contributed by atoms with Crippen molar-refractivity contribution in [3.8, 4) is 18.3 Å². The fourth-order valence-corrected chi connectivity index (χ4v) is 0.251. The molecular formula is C5H3N5. The Hall–Kier alpha value is -2.03. The molecule has 0 aliphatic carbocycles. The summed E-state index contributed by atoms with van der Waals surface area (Å²) >= 11 is 0. The molecule has 0 aromatic heterocycles. The number of nitrogens with zero attached hydrogens (tertiary/aromatic N) is 4. The van der Waals surface area contributed by atoms with Gasteiger partial charge in [0.05, 0.1) is 6.20 Å². The largest absolute Gasteiger partial charge is 0.234 e. The molecule has 0 radical (unpaired) electrons. The van der Waals surface area contributed by atoms with Crippen molar-refractivity contribution in [1.29, 1.82) is 15.8 Å². The minimum Gasteiger partial charge on any atom is -0.234 e. The Labute approximate surface area is 57.8 Å². The van der Waals surface area contributed by atoms with Gasteiger partial charge in [0.25, 0.3) is 0 Å². The van der Waals surface area contributed by atoms with E-state index in [2.05, 4.69) is 0 Å². The number of allylic oxidation sites excluding steroid dienone is 1. The highest BCUT2D eigenvalue weighted by molar-refractivity contribution is 5.34. The van der Waals surface area contributed by atoms with E-state index >= 15 is 0 Å². The van der Waals surface area contributed by atoms with Gasteiger partial charge in [0, 0.05) is 0 Å². The predicted octanol–water partition coefficient (Wildman–Crippen LogP) is -0.426. The van der Waals surface area contributed by atoms with Gasteiger partial charge >= 0.3 is 0 Å². The molecule has 0 fully saturated rings. The van der Waals surface area contributed by atoms with E-state index in [-0.39, 0.29) is 5.57 Å². The van der Waals surface area contributed by atoms with Crippen molar-refractivity contribution < 1.29 is 0 Å². The van der Waals surface area contributed by atoms with Gasteiger partial charge in [0.15, 0.2) is 6.19 Å². The first kappa shape index (κ1) is 7.97. The van der Waals surface area contributed by atoms with Crippen LogP contribution in [0.25, 0.3) is 0 Å². The van der Waals surface area contributed by atoms with Gasteiger partial charge in [-0.3, -0.25) is 0 Å². The van der Waals surface area contributed by atoms with Crippen molar-refractivity contribution in [1.82, 2.24) is 5.01 Å². The Balaban J connectivity index is 4.37. The molecule has 5 heteroatoms. The number of hydrogen-bond acceptors (Lipinski definition) is 5. The molecule has 0 aliphatic heterocycles. The van der Waals surface area contributed by atoms with Gasteiger partial charge < -0.3 is 0 Å². The molecule has 0 rings (SSSR count). The van der Waals surface area contributed by atoms with E-state index in [1.807, 2.05) is 0 Å². The first-order valence-corrected chi connectivity index (χ1v) is 2.20. The van der Waals surface area contributed by atoms with Crippen molar-refractivity contribution >= 4 is 0 Å². The number of rotatable bonds is 1. The van der Waals surface area contributed by atoms with Crippen LogP contribution in [-0.2, 0) is 0 Å². The fraction of sp³-hybridized carbons (Fsp3) is 0. The maximum Gasteiger partial charge on any atom is 0.199 e.